The smallest absolute Gasteiger partial charge is 0.225 e. The van der Waals surface area contributed by atoms with Gasteiger partial charge in [-0.15, -0.1) is 0 Å². The number of rotatable bonds is 5. The van der Waals surface area contributed by atoms with E-state index in [0.717, 1.165) is 25.8 Å². The number of carbonyl (C=O) groups excluding carboxylic acids is 2. The van der Waals surface area contributed by atoms with E-state index >= 15 is 0 Å². The summed E-state index contributed by atoms with van der Waals surface area (Å²) in [5, 5.41) is 12.9. The number of benzene rings is 1. The number of nitrogens with one attached hydrogen (secondary N) is 1. The molecule has 0 unspecified atom stereocenters. The molecular weight excluding hydrogens is 384 g/mol. The second kappa shape index (κ2) is 9.90. The first kappa shape index (κ1) is 21.3. The van der Waals surface area contributed by atoms with Gasteiger partial charge in [0.2, 0.25) is 11.8 Å². The molecule has 3 aliphatic rings. The van der Waals surface area contributed by atoms with Gasteiger partial charge in [-0.1, -0.05) is 24.3 Å². The number of ether oxygens (including phenoxy) is 2. The monoisotopic (exact) mass is 416 g/mol. The molecule has 1 aromatic carbocycles. The first-order chi connectivity index (χ1) is 14.6. The van der Waals surface area contributed by atoms with Gasteiger partial charge < -0.3 is 24.8 Å². The van der Waals surface area contributed by atoms with Crippen LogP contribution in [-0.2, 0) is 32.0 Å². The van der Waals surface area contributed by atoms with Gasteiger partial charge in [-0.05, 0) is 43.2 Å². The first-order valence-corrected chi connectivity index (χ1v) is 11.1. The Bertz CT molecular complexity index is 749. The van der Waals surface area contributed by atoms with Crippen molar-refractivity contribution in [2.45, 2.75) is 63.3 Å². The first-order valence-electron chi connectivity index (χ1n) is 11.1. The van der Waals surface area contributed by atoms with Crippen molar-refractivity contribution in [2.75, 3.05) is 26.4 Å². The van der Waals surface area contributed by atoms with Gasteiger partial charge in [0.25, 0.3) is 0 Å². The predicted molar refractivity (Wildman–Crippen MR) is 111 cm³/mol. The normalized spacial score (nSPS) is 27.4. The van der Waals surface area contributed by atoms with Crippen LogP contribution < -0.4 is 5.32 Å². The molecule has 0 saturated carbocycles. The molecule has 7 nitrogen and oxygen atoms in total. The Kier molecular flexibility index (Phi) is 7.02. The van der Waals surface area contributed by atoms with Gasteiger partial charge in [-0.3, -0.25) is 9.59 Å². The summed E-state index contributed by atoms with van der Waals surface area (Å²) in [6.07, 6.45) is 3.39. The highest BCUT2D eigenvalue weighted by Crippen LogP contribution is 2.25. The van der Waals surface area contributed by atoms with Crippen LogP contribution in [-0.4, -0.2) is 66.4 Å². The highest BCUT2D eigenvalue weighted by Gasteiger charge is 2.35. The van der Waals surface area contributed by atoms with Crippen molar-refractivity contribution in [3.8, 4) is 0 Å². The van der Waals surface area contributed by atoms with Crippen molar-refractivity contribution in [1.82, 2.24) is 10.2 Å². The summed E-state index contributed by atoms with van der Waals surface area (Å²) in [4.78, 5) is 27.3. The summed E-state index contributed by atoms with van der Waals surface area (Å²) in [6, 6.07) is 8.05. The SMILES string of the molecule is O=C(N[C@H]1CC[C@@H](CC(=O)N2CCc3ccccc3C2)O[C@H]1CO)C1CCOCC1. The van der Waals surface area contributed by atoms with Gasteiger partial charge in [0.05, 0.1) is 25.2 Å². The minimum atomic E-state index is -0.470. The molecule has 2 N–H and O–H groups in total. The number of fused-ring (bicyclic) bond motifs is 1. The number of aliphatic hydroxyl groups is 1. The van der Waals surface area contributed by atoms with Gasteiger partial charge in [0, 0.05) is 32.2 Å². The van der Waals surface area contributed by atoms with Crippen molar-refractivity contribution in [3.63, 3.8) is 0 Å². The van der Waals surface area contributed by atoms with Gasteiger partial charge in [-0.25, -0.2) is 0 Å². The number of carbonyl (C=O) groups is 2. The third-order valence-corrected chi connectivity index (χ3v) is 6.60. The van der Waals surface area contributed by atoms with Crippen molar-refractivity contribution >= 4 is 11.8 Å². The van der Waals surface area contributed by atoms with Gasteiger partial charge in [-0.2, -0.15) is 0 Å². The molecule has 1 aromatic rings. The summed E-state index contributed by atoms with van der Waals surface area (Å²) < 4.78 is 11.4. The molecule has 4 rings (SSSR count). The highest BCUT2D eigenvalue weighted by molar-refractivity contribution is 5.79. The molecule has 3 heterocycles. The fourth-order valence-electron chi connectivity index (χ4n) is 4.74. The van der Waals surface area contributed by atoms with E-state index in [4.69, 9.17) is 9.47 Å². The predicted octanol–water partition coefficient (Wildman–Crippen LogP) is 1.41. The van der Waals surface area contributed by atoms with Crippen LogP contribution in [0.15, 0.2) is 24.3 Å². The van der Waals surface area contributed by atoms with Crippen LogP contribution in [0.25, 0.3) is 0 Å². The van der Waals surface area contributed by atoms with E-state index < -0.39 is 6.10 Å². The number of amides is 2. The molecule has 3 aliphatic heterocycles. The number of hydrogen-bond donors (Lipinski definition) is 2. The second-order valence-corrected chi connectivity index (χ2v) is 8.60. The molecule has 7 heteroatoms. The van der Waals surface area contributed by atoms with Crippen molar-refractivity contribution < 1.29 is 24.2 Å². The number of aliphatic hydroxyl groups excluding tert-OH is 1. The fourth-order valence-corrected chi connectivity index (χ4v) is 4.74. The van der Waals surface area contributed by atoms with Crippen LogP contribution in [0, 0.1) is 5.92 Å². The maximum Gasteiger partial charge on any atom is 0.225 e. The molecule has 0 aliphatic carbocycles. The quantitative estimate of drug-likeness (QED) is 0.758. The summed E-state index contributed by atoms with van der Waals surface area (Å²) in [5.74, 6) is 0.0853. The second-order valence-electron chi connectivity index (χ2n) is 8.60. The summed E-state index contributed by atoms with van der Waals surface area (Å²) in [7, 11) is 0. The molecule has 3 atom stereocenters. The lowest BCUT2D eigenvalue weighted by molar-refractivity contribution is -0.144. The van der Waals surface area contributed by atoms with Crippen LogP contribution in [0.2, 0.25) is 0 Å². The lowest BCUT2D eigenvalue weighted by atomic mass is 9.94. The number of hydrogen-bond acceptors (Lipinski definition) is 5. The molecule has 164 valence electrons. The van der Waals surface area contributed by atoms with Gasteiger partial charge in [0.15, 0.2) is 0 Å². The van der Waals surface area contributed by atoms with E-state index in [9.17, 15) is 14.7 Å². The summed E-state index contributed by atoms with van der Waals surface area (Å²) in [5.41, 5.74) is 2.53. The van der Waals surface area contributed by atoms with Gasteiger partial charge >= 0.3 is 0 Å². The van der Waals surface area contributed by atoms with E-state index in [-0.39, 0.29) is 36.5 Å². The molecule has 0 aromatic heterocycles. The Hall–Kier alpha value is -1.96. The molecule has 30 heavy (non-hydrogen) atoms. The van der Waals surface area contributed by atoms with Crippen molar-refractivity contribution in [3.05, 3.63) is 35.4 Å². The maximum absolute atomic E-state index is 12.8. The molecule has 2 amide bonds. The summed E-state index contributed by atoms with van der Waals surface area (Å²) in [6.45, 7) is 2.45. The van der Waals surface area contributed by atoms with E-state index in [2.05, 4.69) is 17.4 Å². The zero-order chi connectivity index (χ0) is 20.9. The third-order valence-electron chi connectivity index (χ3n) is 6.60. The van der Waals surface area contributed by atoms with Crippen LogP contribution in [0.3, 0.4) is 0 Å². The third kappa shape index (κ3) is 5.02. The Labute approximate surface area is 177 Å². The standard InChI is InChI=1S/C23H32N2O5/c26-15-21-20(24-23(28)17-8-11-29-12-9-17)6-5-19(30-21)13-22(27)25-10-7-16-3-1-2-4-18(16)14-25/h1-4,17,19-21,26H,5-15H2,(H,24,28)/t19-,20-,21-/m0/s1. The lowest BCUT2D eigenvalue weighted by Crippen LogP contribution is -2.53. The van der Waals surface area contributed by atoms with Gasteiger partial charge in [0.1, 0.15) is 6.10 Å². The fraction of sp³-hybridized carbons (Fsp3) is 0.652. The Morgan fingerprint density at radius 3 is 2.63 bits per heavy atom. The average molecular weight is 417 g/mol. The molecule has 0 radical (unpaired) electrons. The van der Waals surface area contributed by atoms with Crippen LogP contribution in [0.1, 0.15) is 43.2 Å². The zero-order valence-corrected chi connectivity index (χ0v) is 17.4. The van der Waals surface area contributed by atoms with Crippen LogP contribution >= 0.6 is 0 Å². The minimum Gasteiger partial charge on any atom is -0.394 e. The Morgan fingerprint density at radius 2 is 1.87 bits per heavy atom. The lowest BCUT2D eigenvalue weighted by Gasteiger charge is -2.38. The van der Waals surface area contributed by atoms with E-state index in [1.165, 1.54) is 11.1 Å². The average Bonchev–Trinajstić information content (AvgIpc) is 2.80. The van der Waals surface area contributed by atoms with E-state index in [1.54, 1.807) is 0 Å². The van der Waals surface area contributed by atoms with E-state index in [1.807, 2.05) is 17.0 Å². The van der Waals surface area contributed by atoms with Crippen LogP contribution in [0.5, 0.6) is 0 Å². The molecule has 0 bridgehead atoms. The van der Waals surface area contributed by atoms with E-state index in [0.29, 0.717) is 39.0 Å². The zero-order valence-electron chi connectivity index (χ0n) is 17.4. The molecule has 0 spiro atoms. The Balaban J connectivity index is 1.27. The van der Waals surface area contributed by atoms with Crippen molar-refractivity contribution in [2.24, 2.45) is 5.92 Å². The largest absolute Gasteiger partial charge is 0.394 e. The minimum absolute atomic E-state index is 0.0202. The molecule has 2 saturated heterocycles. The molecular formula is C23H32N2O5. The summed E-state index contributed by atoms with van der Waals surface area (Å²) >= 11 is 0. The number of nitrogens with zero attached hydrogens (tertiary/aromatic N) is 1. The molecule has 2 fully saturated rings. The highest BCUT2D eigenvalue weighted by atomic mass is 16.5. The Morgan fingerprint density at radius 1 is 1.10 bits per heavy atom. The maximum atomic E-state index is 12.8. The topological polar surface area (TPSA) is 88.1 Å². The van der Waals surface area contributed by atoms with Crippen molar-refractivity contribution in [1.29, 1.82) is 0 Å². The van der Waals surface area contributed by atoms with Crippen LogP contribution in [0.4, 0.5) is 0 Å².